The van der Waals surface area contributed by atoms with Crippen molar-refractivity contribution in [2.45, 2.75) is 36.8 Å². The van der Waals surface area contributed by atoms with Crippen LogP contribution in [-0.4, -0.2) is 62.7 Å². The second-order valence-corrected chi connectivity index (χ2v) is 9.13. The summed E-state index contributed by atoms with van der Waals surface area (Å²) in [4.78, 5) is 27.6. The fourth-order valence-electron chi connectivity index (χ4n) is 3.57. The van der Waals surface area contributed by atoms with E-state index in [2.05, 4.69) is 11.9 Å². The topological polar surface area (TPSA) is 79.7 Å². The minimum atomic E-state index is -5.08. The van der Waals surface area contributed by atoms with Crippen molar-refractivity contribution in [3.63, 3.8) is 0 Å². The lowest BCUT2D eigenvalue weighted by atomic mass is 9.92. The monoisotopic (exact) mass is 468 g/mol. The number of pyridine rings is 1. The number of hydrogen-bond acceptors (Lipinski definition) is 5. The summed E-state index contributed by atoms with van der Waals surface area (Å²) in [5, 5.41) is 7.12. The molecular formula is C22H23F3N2O4S. The van der Waals surface area contributed by atoms with Gasteiger partial charge in [0, 0.05) is 37.0 Å². The van der Waals surface area contributed by atoms with Crippen molar-refractivity contribution in [1.29, 1.82) is 0 Å². The summed E-state index contributed by atoms with van der Waals surface area (Å²) in [6, 6.07) is 11.8. The van der Waals surface area contributed by atoms with Gasteiger partial charge in [-0.3, -0.25) is 9.78 Å². The molecule has 2 aliphatic rings. The van der Waals surface area contributed by atoms with Crippen LogP contribution in [-0.2, 0) is 11.2 Å². The van der Waals surface area contributed by atoms with Crippen molar-refractivity contribution in [3.05, 3.63) is 59.9 Å². The Balaban J connectivity index is 0.000000360. The number of hydrogen-bond donors (Lipinski definition) is 1. The summed E-state index contributed by atoms with van der Waals surface area (Å²) in [5.41, 5.74) is 2.05. The molecule has 1 N–H and O–H groups in total. The van der Waals surface area contributed by atoms with Crippen molar-refractivity contribution in [3.8, 4) is 5.75 Å². The molecule has 2 saturated heterocycles. The van der Waals surface area contributed by atoms with Crippen LogP contribution in [0, 0.1) is 0 Å². The number of aliphatic carboxylic acids is 1. The van der Waals surface area contributed by atoms with Crippen LogP contribution >= 0.6 is 11.8 Å². The maximum absolute atomic E-state index is 12.6. The number of halogens is 3. The molecule has 6 nitrogen and oxygen atoms in total. The molecule has 1 aromatic carbocycles. The fourth-order valence-corrected chi connectivity index (χ4v) is 5.09. The van der Waals surface area contributed by atoms with E-state index in [1.54, 1.807) is 12.4 Å². The van der Waals surface area contributed by atoms with Gasteiger partial charge in [-0.15, -0.1) is 11.8 Å². The van der Waals surface area contributed by atoms with Crippen LogP contribution in [0.5, 0.6) is 5.75 Å². The van der Waals surface area contributed by atoms with Crippen LogP contribution in [0.25, 0.3) is 0 Å². The quantitative estimate of drug-likeness (QED) is 0.729. The van der Waals surface area contributed by atoms with Crippen molar-refractivity contribution in [2.24, 2.45) is 0 Å². The third-order valence-corrected chi connectivity index (χ3v) is 6.78. The Morgan fingerprint density at radius 2 is 1.91 bits per heavy atom. The van der Waals surface area contributed by atoms with Gasteiger partial charge in [-0.1, -0.05) is 19.1 Å². The highest BCUT2D eigenvalue weighted by molar-refractivity contribution is 8.01. The van der Waals surface area contributed by atoms with E-state index in [1.165, 1.54) is 5.56 Å². The fraction of sp³-hybridized carbons (Fsp3) is 0.409. The maximum atomic E-state index is 12.6. The molecule has 1 amide bonds. The number of likely N-dealkylation sites (tertiary alicyclic amines) is 1. The van der Waals surface area contributed by atoms with Crippen LogP contribution in [0.4, 0.5) is 13.2 Å². The highest BCUT2D eigenvalue weighted by Crippen LogP contribution is 2.46. The average molecular weight is 468 g/mol. The number of amides is 1. The van der Waals surface area contributed by atoms with Gasteiger partial charge in [-0.2, -0.15) is 13.2 Å². The van der Waals surface area contributed by atoms with Gasteiger partial charge in [0.25, 0.3) is 5.91 Å². The lowest BCUT2D eigenvalue weighted by Gasteiger charge is -2.47. The number of nitrogens with zero attached hydrogens (tertiary/aromatic N) is 2. The number of aryl methyl sites for hydroxylation is 1. The standard InChI is InChI=1S/C20H22N2O2S.C2HF3O2/c1-2-15-5-7-16(8-6-15)19(23)22-13-20(14-22)10-18(12-25-20)24-17-4-3-9-21-11-17;3-2(4,5)1(6)7/h3-9,11,18H,2,10,12-14H2,1H3;(H,6,7). The molecule has 0 aliphatic carbocycles. The lowest BCUT2D eigenvalue weighted by Crippen LogP contribution is -2.60. The first-order chi connectivity index (χ1) is 15.1. The van der Waals surface area contributed by atoms with Gasteiger partial charge >= 0.3 is 12.1 Å². The molecule has 1 atom stereocenters. The number of carboxylic acid groups (broad SMARTS) is 1. The lowest BCUT2D eigenvalue weighted by molar-refractivity contribution is -0.192. The Morgan fingerprint density at radius 1 is 1.25 bits per heavy atom. The van der Waals surface area contributed by atoms with Gasteiger partial charge in [-0.25, -0.2) is 4.79 Å². The zero-order valence-corrected chi connectivity index (χ0v) is 18.2. The molecule has 2 aromatic rings. The maximum Gasteiger partial charge on any atom is 0.490 e. The predicted molar refractivity (Wildman–Crippen MR) is 114 cm³/mol. The minimum absolute atomic E-state index is 0.144. The predicted octanol–water partition coefficient (Wildman–Crippen LogP) is 4.06. The molecule has 2 aliphatic heterocycles. The molecule has 1 spiro atoms. The molecule has 172 valence electrons. The van der Waals surface area contributed by atoms with Crippen molar-refractivity contribution in [2.75, 3.05) is 18.8 Å². The third kappa shape index (κ3) is 5.93. The van der Waals surface area contributed by atoms with Crippen LogP contribution in [0.2, 0.25) is 0 Å². The number of carbonyl (C=O) groups is 2. The van der Waals surface area contributed by atoms with Crippen molar-refractivity contribution >= 4 is 23.6 Å². The Bertz CT molecular complexity index is 932. The summed E-state index contributed by atoms with van der Waals surface area (Å²) in [6.07, 6.45) is 0.614. The normalized spacial score (nSPS) is 19.0. The zero-order chi connectivity index (χ0) is 23.4. The SMILES string of the molecule is CCc1ccc(C(=O)N2CC3(CC(Oc4cccnc4)CS3)C2)cc1.O=C(O)C(F)(F)F. The molecule has 0 bridgehead atoms. The van der Waals surface area contributed by atoms with Crippen molar-refractivity contribution < 1.29 is 32.6 Å². The summed E-state index contributed by atoms with van der Waals surface area (Å²) in [7, 11) is 0. The molecule has 0 saturated carbocycles. The number of carbonyl (C=O) groups excluding carboxylic acids is 1. The van der Waals surface area contributed by atoms with Crippen LogP contribution < -0.4 is 4.74 Å². The van der Waals surface area contributed by atoms with E-state index in [0.717, 1.165) is 43.0 Å². The second-order valence-electron chi connectivity index (χ2n) is 7.64. The van der Waals surface area contributed by atoms with Crippen LogP contribution in [0.1, 0.15) is 29.3 Å². The van der Waals surface area contributed by atoms with E-state index in [0.29, 0.717) is 0 Å². The van der Waals surface area contributed by atoms with Gasteiger partial charge in [0.05, 0.1) is 10.9 Å². The number of ether oxygens (including phenoxy) is 1. The smallest absolute Gasteiger partial charge is 0.488 e. The van der Waals surface area contributed by atoms with E-state index >= 15 is 0 Å². The molecule has 0 radical (unpaired) electrons. The number of rotatable bonds is 4. The van der Waals surface area contributed by atoms with Gasteiger partial charge in [0.15, 0.2) is 0 Å². The van der Waals surface area contributed by atoms with Crippen LogP contribution in [0.15, 0.2) is 48.8 Å². The summed E-state index contributed by atoms with van der Waals surface area (Å²) < 4.78 is 37.9. The first-order valence-corrected chi connectivity index (χ1v) is 11.0. The Hall–Kier alpha value is -2.75. The number of alkyl halides is 3. The average Bonchev–Trinajstić information content (AvgIpc) is 3.17. The zero-order valence-electron chi connectivity index (χ0n) is 17.3. The number of carboxylic acids is 1. The molecular weight excluding hydrogens is 445 g/mol. The second kappa shape index (κ2) is 9.81. The van der Waals surface area contributed by atoms with E-state index in [4.69, 9.17) is 14.6 Å². The van der Waals surface area contributed by atoms with E-state index in [9.17, 15) is 18.0 Å². The molecule has 3 heterocycles. The summed E-state index contributed by atoms with van der Waals surface area (Å²) in [5.74, 6) is -0.811. The van der Waals surface area contributed by atoms with Crippen molar-refractivity contribution in [1.82, 2.24) is 9.88 Å². The third-order valence-electron chi connectivity index (χ3n) is 5.21. The van der Waals surface area contributed by atoms with Gasteiger partial charge in [0.1, 0.15) is 11.9 Å². The number of thioether (sulfide) groups is 1. The molecule has 1 unspecified atom stereocenters. The van der Waals surface area contributed by atoms with Crippen LogP contribution in [0.3, 0.4) is 0 Å². The highest BCUT2D eigenvalue weighted by Gasteiger charge is 2.51. The number of benzene rings is 1. The summed E-state index contributed by atoms with van der Waals surface area (Å²) in [6.45, 7) is 3.76. The molecule has 2 fully saturated rings. The largest absolute Gasteiger partial charge is 0.490 e. The summed E-state index contributed by atoms with van der Waals surface area (Å²) >= 11 is 1.94. The molecule has 10 heteroatoms. The first kappa shape index (κ1) is 23.9. The van der Waals surface area contributed by atoms with Gasteiger partial charge < -0.3 is 14.7 Å². The Labute approximate surface area is 187 Å². The first-order valence-electron chi connectivity index (χ1n) is 10.0. The molecule has 1 aromatic heterocycles. The van der Waals surface area contributed by atoms with Gasteiger partial charge in [-0.05, 0) is 36.2 Å². The minimum Gasteiger partial charge on any atom is -0.488 e. The molecule has 4 rings (SSSR count). The molecule has 32 heavy (non-hydrogen) atoms. The Kier molecular flexibility index (Phi) is 7.33. The van der Waals surface area contributed by atoms with E-state index in [-0.39, 0.29) is 16.8 Å². The van der Waals surface area contributed by atoms with E-state index < -0.39 is 12.1 Å². The highest BCUT2D eigenvalue weighted by atomic mass is 32.2. The number of aromatic nitrogens is 1. The van der Waals surface area contributed by atoms with Gasteiger partial charge in [0.2, 0.25) is 0 Å². The Morgan fingerprint density at radius 3 is 2.44 bits per heavy atom. The van der Waals surface area contributed by atoms with E-state index in [1.807, 2.05) is 53.1 Å².